The Bertz CT molecular complexity index is 1460. The van der Waals surface area contributed by atoms with E-state index in [1.807, 2.05) is 60.8 Å². The molecule has 0 saturated heterocycles. The average molecular weight is 911 g/mol. The number of hydrogen-bond donors (Lipinski definition) is 0. The van der Waals surface area contributed by atoms with Crippen molar-refractivity contribution >= 4 is 17.9 Å². The number of carbonyl (C=O) groups excluding carboxylic acids is 3. The van der Waals surface area contributed by atoms with Crippen LogP contribution in [-0.4, -0.2) is 37.2 Å². The molecule has 0 amide bonds. The van der Waals surface area contributed by atoms with E-state index in [4.69, 9.17) is 14.2 Å². The van der Waals surface area contributed by atoms with Gasteiger partial charge in [0, 0.05) is 19.3 Å². The van der Waals surface area contributed by atoms with E-state index in [0.29, 0.717) is 25.7 Å². The zero-order valence-electron chi connectivity index (χ0n) is 42.1. The van der Waals surface area contributed by atoms with Gasteiger partial charge in [-0.25, -0.2) is 0 Å². The topological polar surface area (TPSA) is 78.9 Å². The fourth-order valence-corrected chi connectivity index (χ4v) is 6.68. The van der Waals surface area contributed by atoms with Crippen LogP contribution in [-0.2, 0) is 28.6 Å². The van der Waals surface area contributed by atoms with Crippen LogP contribution in [0.1, 0.15) is 207 Å². The summed E-state index contributed by atoms with van der Waals surface area (Å²) in [5.41, 5.74) is 0. The van der Waals surface area contributed by atoms with Crippen molar-refractivity contribution in [3.63, 3.8) is 0 Å². The number of carbonyl (C=O) groups is 3. The van der Waals surface area contributed by atoms with Crippen LogP contribution in [0.25, 0.3) is 0 Å². The lowest BCUT2D eigenvalue weighted by atomic mass is 10.0. The molecule has 0 heterocycles. The van der Waals surface area contributed by atoms with Gasteiger partial charge >= 0.3 is 17.9 Å². The Morgan fingerprint density at radius 3 is 1.14 bits per heavy atom. The first-order valence-corrected chi connectivity index (χ1v) is 26.3. The zero-order chi connectivity index (χ0) is 47.9. The van der Waals surface area contributed by atoms with Crippen LogP contribution < -0.4 is 0 Å². The van der Waals surface area contributed by atoms with Crippen LogP contribution >= 0.6 is 0 Å². The minimum Gasteiger partial charge on any atom is -0.462 e. The first-order chi connectivity index (χ1) is 32.5. The van der Waals surface area contributed by atoms with Gasteiger partial charge in [-0.3, -0.25) is 14.4 Å². The molecule has 0 radical (unpaired) electrons. The van der Waals surface area contributed by atoms with Crippen LogP contribution in [0.3, 0.4) is 0 Å². The van der Waals surface area contributed by atoms with Crippen LogP contribution in [0.2, 0.25) is 0 Å². The highest BCUT2D eigenvalue weighted by atomic mass is 16.6. The highest BCUT2D eigenvalue weighted by Crippen LogP contribution is 2.14. The second kappa shape index (κ2) is 53.2. The second-order valence-corrected chi connectivity index (χ2v) is 16.8. The van der Waals surface area contributed by atoms with Gasteiger partial charge in [0.05, 0.1) is 0 Å². The molecule has 0 N–H and O–H groups in total. The van der Waals surface area contributed by atoms with Crippen molar-refractivity contribution in [2.24, 2.45) is 0 Å². The van der Waals surface area contributed by atoms with Crippen molar-refractivity contribution in [3.05, 3.63) is 134 Å². The summed E-state index contributed by atoms with van der Waals surface area (Å²) in [4.78, 5) is 38.0. The standard InChI is InChI=1S/C60H94O6/c1-4-7-10-13-16-19-22-25-28-30-32-35-38-41-44-47-50-53-59(62)65-56-57(55-64-58(61)52-49-46-43-40-37-34-27-24-21-18-15-12-9-6-3)66-60(63)54-51-48-45-42-39-36-33-31-29-26-23-20-17-14-11-8-5-2/h7-8,10-11,13,16-17,19-20,22,25-26,28-30,32-33,35-36,38,42,45,57H,4-6,9,12,14-15,18,21,23-24,27,31,34,37,39-41,43-44,46-56H2,1-3H3/b10-7-,11-8-,16-13-,20-17-,22-19-,28-25-,29-26-,32-30+,36-33-,38-35-,45-42-. The maximum absolute atomic E-state index is 12.8. The molecule has 0 rings (SSSR count). The first-order valence-electron chi connectivity index (χ1n) is 26.3. The first kappa shape index (κ1) is 61.5. The van der Waals surface area contributed by atoms with E-state index in [2.05, 4.69) is 93.7 Å². The number of ether oxygens (including phenoxy) is 3. The molecule has 0 spiro atoms. The fourth-order valence-electron chi connectivity index (χ4n) is 6.68. The molecule has 0 aliphatic rings. The second-order valence-electron chi connectivity index (χ2n) is 16.8. The zero-order valence-corrected chi connectivity index (χ0v) is 42.1. The predicted octanol–water partition coefficient (Wildman–Crippen LogP) is 17.5. The number of allylic oxidation sites excluding steroid dienone is 22. The van der Waals surface area contributed by atoms with E-state index in [0.717, 1.165) is 83.5 Å². The van der Waals surface area contributed by atoms with Gasteiger partial charge in [0.1, 0.15) is 13.2 Å². The molecule has 0 bridgehead atoms. The summed E-state index contributed by atoms with van der Waals surface area (Å²) in [7, 11) is 0. The SMILES string of the molecule is CC\C=C/C=C\C=C/C=C\C=C\C=C/CCCCCC(=O)OCC(COC(=O)CCCCCCCCCCCCCCCC)OC(=O)CCC/C=C\C/C=C\C/C=C\C/C=C\C/C=C\CC. The minimum absolute atomic E-state index is 0.118. The summed E-state index contributed by atoms with van der Waals surface area (Å²) in [5, 5.41) is 0. The van der Waals surface area contributed by atoms with Crippen molar-refractivity contribution in [3.8, 4) is 0 Å². The van der Waals surface area contributed by atoms with Crippen LogP contribution in [0.15, 0.2) is 134 Å². The van der Waals surface area contributed by atoms with Crippen LogP contribution in [0.5, 0.6) is 0 Å². The summed E-state index contributed by atoms with van der Waals surface area (Å²) < 4.78 is 16.7. The molecule has 1 atom stereocenters. The Labute approximate surface area is 405 Å². The molecule has 0 aromatic heterocycles. The molecular formula is C60H94O6. The van der Waals surface area contributed by atoms with E-state index in [-0.39, 0.29) is 37.5 Å². The third-order valence-corrected chi connectivity index (χ3v) is 10.6. The molecule has 0 aliphatic carbocycles. The summed E-state index contributed by atoms with van der Waals surface area (Å²) in [6.45, 7) is 6.28. The van der Waals surface area contributed by atoms with Crippen molar-refractivity contribution in [2.75, 3.05) is 13.2 Å². The Kier molecular flexibility index (Phi) is 49.6. The van der Waals surface area contributed by atoms with E-state index in [1.165, 1.54) is 70.6 Å². The van der Waals surface area contributed by atoms with E-state index >= 15 is 0 Å². The van der Waals surface area contributed by atoms with Crippen molar-refractivity contribution in [1.29, 1.82) is 0 Å². The third-order valence-electron chi connectivity index (χ3n) is 10.6. The quantitative estimate of drug-likeness (QED) is 0.0199. The predicted molar refractivity (Wildman–Crippen MR) is 283 cm³/mol. The Morgan fingerprint density at radius 2 is 0.682 bits per heavy atom. The Hall–Kier alpha value is -4.45. The largest absolute Gasteiger partial charge is 0.462 e. The van der Waals surface area contributed by atoms with Gasteiger partial charge in [0.15, 0.2) is 6.10 Å². The molecule has 0 aromatic carbocycles. The lowest BCUT2D eigenvalue weighted by molar-refractivity contribution is -0.167. The smallest absolute Gasteiger partial charge is 0.306 e. The van der Waals surface area contributed by atoms with Gasteiger partial charge in [-0.05, 0) is 77.0 Å². The van der Waals surface area contributed by atoms with Crippen LogP contribution in [0, 0.1) is 0 Å². The molecule has 0 aromatic rings. The molecule has 0 saturated carbocycles. The normalized spacial score (nSPS) is 13.2. The molecule has 0 fully saturated rings. The van der Waals surface area contributed by atoms with Crippen LogP contribution in [0.4, 0.5) is 0 Å². The van der Waals surface area contributed by atoms with Crippen molar-refractivity contribution in [2.45, 2.75) is 213 Å². The summed E-state index contributed by atoms with van der Waals surface area (Å²) in [5.74, 6) is -1.03. The van der Waals surface area contributed by atoms with Crippen molar-refractivity contribution < 1.29 is 28.6 Å². The lowest BCUT2D eigenvalue weighted by Gasteiger charge is -2.18. The average Bonchev–Trinajstić information content (AvgIpc) is 3.31. The highest BCUT2D eigenvalue weighted by molar-refractivity contribution is 5.71. The summed E-state index contributed by atoms with van der Waals surface area (Å²) in [6.07, 6.45) is 74.3. The molecule has 66 heavy (non-hydrogen) atoms. The van der Waals surface area contributed by atoms with Gasteiger partial charge in [0.25, 0.3) is 0 Å². The summed E-state index contributed by atoms with van der Waals surface area (Å²) in [6, 6.07) is 0. The Balaban J connectivity index is 4.60. The van der Waals surface area contributed by atoms with Gasteiger partial charge < -0.3 is 14.2 Å². The van der Waals surface area contributed by atoms with E-state index in [1.54, 1.807) is 0 Å². The summed E-state index contributed by atoms with van der Waals surface area (Å²) >= 11 is 0. The van der Waals surface area contributed by atoms with Gasteiger partial charge in [-0.2, -0.15) is 0 Å². The van der Waals surface area contributed by atoms with Gasteiger partial charge in [-0.1, -0.05) is 244 Å². The van der Waals surface area contributed by atoms with Gasteiger partial charge in [-0.15, -0.1) is 0 Å². The fraction of sp³-hybridized carbons (Fsp3) is 0.583. The van der Waals surface area contributed by atoms with E-state index in [9.17, 15) is 14.4 Å². The minimum atomic E-state index is -0.829. The molecule has 370 valence electrons. The number of rotatable bonds is 45. The highest BCUT2D eigenvalue weighted by Gasteiger charge is 2.19. The van der Waals surface area contributed by atoms with E-state index < -0.39 is 6.10 Å². The molecule has 6 nitrogen and oxygen atoms in total. The number of unbranched alkanes of at least 4 members (excludes halogenated alkanes) is 17. The van der Waals surface area contributed by atoms with Gasteiger partial charge in [0.2, 0.25) is 0 Å². The molecular weight excluding hydrogens is 817 g/mol. The molecule has 6 heteroatoms. The number of esters is 3. The third kappa shape index (κ3) is 50.5. The van der Waals surface area contributed by atoms with Crippen molar-refractivity contribution in [1.82, 2.24) is 0 Å². The maximum Gasteiger partial charge on any atom is 0.306 e. The lowest BCUT2D eigenvalue weighted by Crippen LogP contribution is -2.30. The maximum atomic E-state index is 12.8. The number of hydrogen-bond acceptors (Lipinski definition) is 6. The molecule has 0 aliphatic heterocycles. The Morgan fingerprint density at radius 1 is 0.333 bits per heavy atom. The monoisotopic (exact) mass is 911 g/mol. The molecule has 1 unspecified atom stereocenters.